The largest absolute Gasteiger partial charge is 0.494 e. The summed E-state index contributed by atoms with van der Waals surface area (Å²) in [6.45, 7) is 6.70. The molecule has 1 saturated heterocycles. The van der Waals surface area contributed by atoms with Crippen molar-refractivity contribution in [2.75, 3.05) is 19.7 Å². The minimum absolute atomic E-state index is 0.413. The molecule has 1 aliphatic heterocycles. The minimum Gasteiger partial charge on any atom is -0.494 e. The number of benzene rings is 1. The number of ether oxygens (including phenoxy) is 1. The second-order valence-electron chi connectivity index (χ2n) is 5.35. The smallest absolute Gasteiger partial charge is 0.119 e. The Morgan fingerprint density at radius 2 is 2.26 bits per heavy atom. The molecule has 0 amide bonds. The average molecular weight is 262 g/mol. The molecule has 1 fully saturated rings. The highest BCUT2D eigenvalue weighted by Gasteiger charge is 2.24. The average Bonchev–Trinajstić information content (AvgIpc) is 2.43. The molecule has 19 heavy (non-hydrogen) atoms. The zero-order valence-electron chi connectivity index (χ0n) is 12.1. The topological polar surface area (TPSA) is 47.3 Å². The summed E-state index contributed by atoms with van der Waals surface area (Å²) in [5, 5.41) is 3.62. The highest BCUT2D eigenvalue weighted by atomic mass is 16.5. The number of hydrogen-bond acceptors (Lipinski definition) is 3. The van der Waals surface area contributed by atoms with E-state index >= 15 is 0 Å². The predicted octanol–water partition coefficient (Wildman–Crippen LogP) is 2.58. The van der Waals surface area contributed by atoms with Crippen LogP contribution in [0, 0.1) is 6.92 Å². The molecular formula is C16H26N2O. The van der Waals surface area contributed by atoms with Crippen LogP contribution in [0.5, 0.6) is 5.75 Å². The van der Waals surface area contributed by atoms with Gasteiger partial charge in [-0.25, -0.2) is 0 Å². The number of hydrogen-bond donors (Lipinski definition) is 2. The van der Waals surface area contributed by atoms with Gasteiger partial charge < -0.3 is 15.8 Å². The van der Waals surface area contributed by atoms with E-state index in [1.165, 1.54) is 30.4 Å². The van der Waals surface area contributed by atoms with Crippen molar-refractivity contribution >= 4 is 0 Å². The lowest BCUT2D eigenvalue weighted by Gasteiger charge is -2.32. The summed E-state index contributed by atoms with van der Waals surface area (Å²) < 4.78 is 5.55. The Morgan fingerprint density at radius 1 is 1.42 bits per heavy atom. The first-order valence-electron chi connectivity index (χ1n) is 7.43. The van der Waals surface area contributed by atoms with Gasteiger partial charge >= 0.3 is 0 Å². The van der Waals surface area contributed by atoms with Gasteiger partial charge in [0.05, 0.1) is 6.61 Å². The Kier molecular flexibility index (Phi) is 5.23. The van der Waals surface area contributed by atoms with Gasteiger partial charge in [-0.15, -0.1) is 0 Å². The third kappa shape index (κ3) is 3.48. The van der Waals surface area contributed by atoms with Gasteiger partial charge in [-0.1, -0.05) is 12.5 Å². The Morgan fingerprint density at radius 3 is 2.84 bits per heavy atom. The van der Waals surface area contributed by atoms with Crippen molar-refractivity contribution in [3.05, 3.63) is 29.3 Å². The molecule has 0 spiro atoms. The molecule has 3 N–H and O–H groups in total. The number of rotatable bonds is 5. The van der Waals surface area contributed by atoms with Crippen LogP contribution in [0.2, 0.25) is 0 Å². The standard InChI is InChI=1S/C16H26N2O/c1-3-19-13-7-8-14(12(2)10-13)15(11-17)16-6-4-5-9-18-16/h7-8,10,15-16,18H,3-6,9,11,17H2,1-2H3. The molecule has 0 aromatic heterocycles. The van der Waals surface area contributed by atoms with Crippen molar-refractivity contribution in [3.8, 4) is 5.75 Å². The molecule has 106 valence electrons. The lowest BCUT2D eigenvalue weighted by atomic mass is 9.84. The van der Waals surface area contributed by atoms with Crippen molar-refractivity contribution in [3.63, 3.8) is 0 Å². The minimum atomic E-state index is 0.413. The molecule has 3 nitrogen and oxygen atoms in total. The molecule has 2 rings (SSSR count). The van der Waals surface area contributed by atoms with Crippen molar-refractivity contribution in [1.29, 1.82) is 0 Å². The Hall–Kier alpha value is -1.06. The Labute approximate surface area is 116 Å². The van der Waals surface area contributed by atoms with Crippen molar-refractivity contribution in [1.82, 2.24) is 5.32 Å². The zero-order valence-corrected chi connectivity index (χ0v) is 12.1. The molecule has 1 aromatic carbocycles. The maximum Gasteiger partial charge on any atom is 0.119 e. The second kappa shape index (κ2) is 6.92. The van der Waals surface area contributed by atoms with E-state index in [1.807, 2.05) is 6.92 Å². The van der Waals surface area contributed by atoms with E-state index in [1.54, 1.807) is 0 Å². The maximum absolute atomic E-state index is 6.03. The highest BCUT2D eigenvalue weighted by molar-refractivity contribution is 5.38. The van der Waals surface area contributed by atoms with Gasteiger partial charge in [0, 0.05) is 18.5 Å². The van der Waals surface area contributed by atoms with E-state index in [2.05, 4.69) is 30.4 Å². The molecule has 0 saturated carbocycles. The van der Waals surface area contributed by atoms with Crippen LogP contribution in [0.3, 0.4) is 0 Å². The molecule has 1 aromatic rings. The van der Waals surface area contributed by atoms with Gasteiger partial charge in [0.15, 0.2) is 0 Å². The van der Waals surface area contributed by atoms with Crippen molar-refractivity contribution in [2.24, 2.45) is 5.73 Å². The van der Waals surface area contributed by atoms with E-state index in [0.29, 0.717) is 25.1 Å². The van der Waals surface area contributed by atoms with Crippen LogP contribution in [0.4, 0.5) is 0 Å². The molecule has 2 atom stereocenters. The van der Waals surface area contributed by atoms with Gasteiger partial charge in [0.2, 0.25) is 0 Å². The summed E-state index contributed by atoms with van der Waals surface area (Å²) in [4.78, 5) is 0. The van der Waals surface area contributed by atoms with Crippen molar-refractivity contribution in [2.45, 2.75) is 45.1 Å². The van der Waals surface area contributed by atoms with E-state index in [9.17, 15) is 0 Å². The van der Waals surface area contributed by atoms with E-state index in [0.717, 1.165) is 12.3 Å². The number of piperidine rings is 1. The van der Waals surface area contributed by atoms with Crippen LogP contribution in [0.25, 0.3) is 0 Å². The molecule has 2 unspecified atom stereocenters. The lowest BCUT2D eigenvalue weighted by Crippen LogP contribution is -2.41. The summed E-state index contributed by atoms with van der Waals surface area (Å²) >= 11 is 0. The monoisotopic (exact) mass is 262 g/mol. The second-order valence-corrected chi connectivity index (χ2v) is 5.35. The quantitative estimate of drug-likeness (QED) is 0.857. The molecule has 3 heteroatoms. The van der Waals surface area contributed by atoms with Gasteiger partial charge in [-0.2, -0.15) is 0 Å². The van der Waals surface area contributed by atoms with Gasteiger partial charge in [0.1, 0.15) is 5.75 Å². The molecule has 1 aliphatic rings. The molecule has 0 aliphatic carbocycles. The first kappa shape index (κ1) is 14.4. The summed E-state index contributed by atoms with van der Waals surface area (Å²) in [6.07, 6.45) is 3.83. The van der Waals surface area contributed by atoms with Crippen LogP contribution in [0.15, 0.2) is 18.2 Å². The Balaban J connectivity index is 2.17. The zero-order chi connectivity index (χ0) is 13.7. The van der Waals surface area contributed by atoms with Crippen LogP contribution in [0.1, 0.15) is 43.2 Å². The predicted molar refractivity (Wildman–Crippen MR) is 79.8 cm³/mol. The third-order valence-electron chi connectivity index (χ3n) is 4.04. The fourth-order valence-electron chi connectivity index (χ4n) is 3.05. The first-order valence-corrected chi connectivity index (χ1v) is 7.43. The molecule has 1 heterocycles. The number of aryl methyl sites for hydroxylation is 1. The summed E-state index contributed by atoms with van der Waals surface area (Å²) in [7, 11) is 0. The fourth-order valence-corrected chi connectivity index (χ4v) is 3.05. The third-order valence-corrected chi connectivity index (χ3v) is 4.04. The van der Waals surface area contributed by atoms with Gasteiger partial charge in [-0.3, -0.25) is 0 Å². The lowest BCUT2D eigenvalue weighted by molar-refractivity contribution is 0.338. The molecule has 0 radical (unpaired) electrons. The van der Waals surface area contributed by atoms with E-state index in [4.69, 9.17) is 10.5 Å². The number of nitrogens with two attached hydrogens (primary N) is 1. The molecular weight excluding hydrogens is 236 g/mol. The van der Waals surface area contributed by atoms with Crippen LogP contribution < -0.4 is 15.8 Å². The Bertz CT molecular complexity index is 400. The fraction of sp³-hybridized carbons (Fsp3) is 0.625. The normalized spacial score (nSPS) is 21.1. The van der Waals surface area contributed by atoms with Crippen LogP contribution >= 0.6 is 0 Å². The van der Waals surface area contributed by atoms with Crippen LogP contribution in [-0.4, -0.2) is 25.7 Å². The maximum atomic E-state index is 6.03. The SMILES string of the molecule is CCOc1ccc(C(CN)C2CCCCN2)c(C)c1. The highest BCUT2D eigenvalue weighted by Crippen LogP contribution is 2.29. The van der Waals surface area contributed by atoms with Crippen LogP contribution in [-0.2, 0) is 0 Å². The van der Waals surface area contributed by atoms with Crippen molar-refractivity contribution < 1.29 is 4.74 Å². The first-order chi connectivity index (χ1) is 9.26. The summed E-state index contributed by atoms with van der Waals surface area (Å²) in [5.41, 5.74) is 8.68. The van der Waals surface area contributed by atoms with E-state index < -0.39 is 0 Å². The van der Waals surface area contributed by atoms with Gasteiger partial charge in [-0.05, 0) is 56.5 Å². The summed E-state index contributed by atoms with van der Waals surface area (Å²) in [6, 6.07) is 6.91. The summed E-state index contributed by atoms with van der Waals surface area (Å²) in [5.74, 6) is 1.37. The van der Waals surface area contributed by atoms with Gasteiger partial charge in [0.25, 0.3) is 0 Å². The number of nitrogens with one attached hydrogen (secondary N) is 1. The molecule has 0 bridgehead atoms. The van der Waals surface area contributed by atoms with E-state index in [-0.39, 0.29) is 0 Å².